The zero-order chi connectivity index (χ0) is 15.2. The van der Waals surface area contributed by atoms with Gasteiger partial charge < -0.3 is 10.1 Å². The molecule has 21 heavy (non-hydrogen) atoms. The highest BCUT2D eigenvalue weighted by Gasteiger charge is 2.12. The second-order valence-corrected chi connectivity index (χ2v) is 5.78. The molecule has 0 radical (unpaired) electrons. The van der Waals surface area contributed by atoms with E-state index in [2.05, 4.69) is 28.2 Å². The molecule has 2 rings (SSSR count). The SMILES string of the molecule is CCNC(Cc1cc(F)cc(Br)c1)c1ccc(OC)cc1. The van der Waals surface area contributed by atoms with Crippen LogP contribution in [0.3, 0.4) is 0 Å². The first-order valence-electron chi connectivity index (χ1n) is 6.94. The average Bonchev–Trinajstić information content (AvgIpc) is 2.46. The van der Waals surface area contributed by atoms with E-state index in [1.54, 1.807) is 13.2 Å². The average molecular weight is 352 g/mol. The van der Waals surface area contributed by atoms with Crippen LogP contribution in [0.2, 0.25) is 0 Å². The van der Waals surface area contributed by atoms with Crippen LogP contribution in [0, 0.1) is 5.82 Å². The number of hydrogen-bond acceptors (Lipinski definition) is 2. The highest BCUT2D eigenvalue weighted by molar-refractivity contribution is 9.10. The molecule has 0 aromatic heterocycles. The van der Waals surface area contributed by atoms with Crippen molar-refractivity contribution in [1.29, 1.82) is 0 Å². The molecule has 0 saturated heterocycles. The summed E-state index contributed by atoms with van der Waals surface area (Å²) in [6.07, 6.45) is 0.733. The van der Waals surface area contributed by atoms with Gasteiger partial charge in [-0.25, -0.2) is 4.39 Å². The Bertz CT molecular complexity index is 566. The van der Waals surface area contributed by atoms with Gasteiger partial charge in [-0.1, -0.05) is 35.0 Å². The first-order chi connectivity index (χ1) is 10.1. The number of nitrogens with one attached hydrogen (secondary N) is 1. The Morgan fingerprint density at radius 2 is 1.90 bits per heavy atom. The lowest BCUT2D eigenvalue weighted by molar-refractivity contribution is 0.414. The molecule has 1 unspecified atom stereocenters. The Balaban J connectivity index is 2.21. The Kier molecular flexibility index (Phi) is 5.76. The van der Waals surface area contributed by atoms with E-state index in [1.165, 1.54) is 6.07 Å². The van der Waals surface area contributed by atoms with Crippen LogP contribution in [0.1, 0.15) is 24.1 Å². The maximum atomic E-state index is 13.5. The largest absolute Gasteiger partial charge is 0.497 e. The van der Waals surface area contributed by atoms with Crippen LogP contribution in [-0.4, -0.2) is 13.7 Å². The highest BCUT2D eigenvalue weighted by atomic mass is 79.9. The molecular formula is C17H19BrFNO. The molecule has 0 aliphatic carbocycles. The van der Waals surface area contributed by atoms with E-state index in [0.717, 1.165) is 34.3 Å². The number of likely N-dealkylation sites (N-methyl/N-ethyl adjacent to an activating group) is 1. The van der Waals surface area contributed by atoms with Gasteiger partial charge >= 0.3 is 0 Å². The lowest BCUT2D eigenvalue weighted by Gasteiger charge is -2.19. The molecule has 0 heterocycles. The van der Waals surface area contributed by atoms with Gasteiger partial charge in [-0.05, 0) is 54.4 Å². The lowest BCUT2D eigenvalue weighted by Crippen LogP contribution is -2.23. The Morgan fingerprint density at radius 1 is 1.19 bits per heavy atom. The molecular weight excluding hydrogens is 333 g/mol. The van der Waals surface area contributed by atoms with Crippen molar-refractivity contribution in [3.63, 3.8) is 0 Å². The zero-order valence-electron chi connectivity index (χ0n) is 12.2. The molecule has 0 saturated carbocycles. The minimum atomic E-state index is -0.218. The van der Waals surface area contributed by atoms with Gasteiger partial charge in [-0.15, -0.1) is 0 Å². The van der Waals surface area contributed by atoms with Crippen molar-refractivity contribution in [2.45, 2.75) is 19.4 Å². The van der Waals surface area contributed by atoms with Crippen molar-refractivity contribution in [2.24, 2.45) is 0 Å². The first kappa shape index (κ1) is 16.0. The van der Waals surface area contributed by atoms with Crippen LogP contribution in [0.5, 0.6) is 5.75 Å². The standard InChI is InChI=1S/C17H19BrFNO/c1-3-20-17(13-4-6-16(21-2)7-5-13)10-12-8-14(18)11-15(19)9-12/h4-9,11,17,20H,3,10H2,1-2H3. The fourth-order valence-electron chi connectivity index (χ4n) is 2.35. The van der Waals surface area contributed by atoms with Crippen LogP contribution in [0.4, 0.5) is 4.39 Å². The van der Waals surface area contributed by atoms with Crippen molar-refractivity contribution in [3.05, 3.63) is 63.9 Å². The van der Waals surface area contributed by atoms with Crippen molar-refractivity contribution < 1.29 is 9.13 Å². The summed E-state index contributed by atoms with van der Waals surface area (Å²) in [5.74, 6) is 0.617. The summed E-state index contributed by atoms with van der Waals surface area (Å²) in [7, 11) is 1.65. The van der Waals surface area contributed by atoms with Gasteiger partial charge in [0, 0.05) is 10.5 Å². The van der Waals surface area contributed by atoms with Crippen LogP contribution in [0.25, 0.3) is 0 Å². The summed E-state index contributed by atoms with van der Waals surface area (Å²) in [5.41, 5.74) is 2.13. The molecule has 2 nitrogen and oxygen atoms in total. The molecule has 2 aromatic rings. The van der Waals surface area contributed by atoms with Crippen LogP contribution in [-0.2, 0) is 6.42 Å². The van der Waals surface area contributed by atoms with Gasteiger partial charge in [0.05, 0.1) is 7.11 Å². The maximum absolute atomic E-state index is 13.5. The van der Waals surface area contributed by atoms with E-state index >= 15 is 0 Å². The molecule has 0 fully saturated rings. The van der Waals surface area contributed by atoms with Crippen LogP contribution < -0.4 is 10.1 Å². The minimum absolute atomic E-state index is 0.148. The summed E-state index contributed by atoms with van der Waals surface area (Å²) in [6.45, 7) is 2.92. The summed E-state index contributed by atoms with van der Waals surface area (Å²) < 4.78 is 19.4. The Hall–Kier alpha value is -1.39. The highest BCUT2D eigenvalue weighted by Crippen LogP contribution is 2.23. The number of hydrogen-bond donors (Lipinski definition) is 1. The third kappa shape index (κ3) is 4.55. The molecule has 0 aliphatic heterocycles. The number of ether oxygens (including phenoxy) is 1. The summed E-state index contributed by atoms with van der Waals surface area (Å²) >= 11 is 3.34. The van der Waals surface area contributed by atoms with Gasteiger partial charge in [-0.3, -0.25) is 0 Å². The van der Waals surface area contributed by atoms with Gasteiger partial charge in [0.15, 0.2) is 0 Å². The second-order valence-electron chi connectivity index (χ2n) is 4.87. The lowest BCUT2D eigenvalue weighted by atomic mass is 9.98. The quantitative estimate of drug-likeness (QED) is 0.827. The summed E-state index contributed by atoms with van der Waals surface area (Å²) in [4.78, 5) is 0. The molecule has 0 aliphatic rings. The minimum Gasteiger partial charge on any atom is -0.497 e. The predicted octanol–water partition coefficient (Wildman–Crippen LogP) is 4.49. The van der Waals surface area contributed by atoms with Crippen molar-refractivity contribution >= 4 is 15.9 Å². The Labute approximate surface area is 133 Å². The van der Waals surface area contributed by atoms with E-state index in [-0.39, 0.29) is 11.9 Å². The molecule has 0 amide bonds. The molecule has 0 bridgehead atoms. The van der Waals surface area contributed by atoms with E-state index in [4.69, 9.17) is 4.74 Å². The van der Waals surface area contributed by atoms with Gasteiger partial charge in [0.25, 0.3) is 0 Å². The molecule has 112 valence electrons. The predicted molar refractivity (Wildman–Crippen MR) is 87.2 cm³/mol. The summed E-state index contributed by atoms with van der Waals surface area (Å²) in [5, 5.41) is 3.45. The zero-order valence-corrected chi connectivity index (χ0v) is 13.8. The normalized spacial score (nSPS) is 12.2. The number of halogens is 2. The molecule has 2 aromatic carbocycles. The van der Waals surface area contributed by atoms with E-state index in [0.29, 0.717) is 0 Å². The number of benzene rings is 2. The third-order valence-electron chi connectivity index (χ3n) is 3.33. The monoisotopic (exact) mass is 351 g/mol. The smallest absolute Gasteiger partial charge is 0.124 e. The second kappa shape index (κ2) is 7.57. The van der Waals surface area contributed by atoms with Crippen molar-refractivity contribution in [3.8, 4) is 5.75 Å². The molecule has 0 spiro atoms. The summed E-state index contributed by atoms with van der Waals surface area (Å²) in [6, 6.07) is 13.1. The topological polar surface area (TPSA) is 21.3 Å². The van der Waals surface area contributed by atoms with Crippen LogP contribution in [0.15, 0.2) is 46.9 Å². The van der Waals surface area contributed by atoms with Crippen molar-refractivity contribution in [1.82, 2.24) is 5.32 Å². The van der Waals surface area contributed by atoms with Crippen LogP contribution >= 0.6 is 15.9 Å². The number of rotatable bonds is 6. The van der Waals surface area contributed by atoms with E-state index < -0.39 is 0 Å². The third-order valence-corrected chi connectivity index (χ3v) is 3.79. The Morgan fingerprint density at radius 3 is 2.48 bits per heavy atom. The number of methoxy groups -OCH3 is 1. The molecule has 4 heteroatoms. The fraction of sp³-hybridized carbons (Fsp3) is 0.294. The first-order valence-corrected chi connectivity index (χ1v) is 7.74. The molecule has 1 atom stereocenters. The maximum Gasteiger partial charge on any atom is 0.124 e. The van der Waals surface area contributed by atoms with Crippen molar-refractivity contribution in [2.75, 3.05) is 13.7 Å². The van der Waals surface area contributed by atoms with E-state index in [9.17, 15) is 4.39 Å². The van der Waals surface area contributed by atoms with E-state index in [1.807, 2.05) is 30.3 Å². The van der Waals surface area contributed by atoms with Gasteiger partial charge in [-0.2, -0.15) is 0 Å². The van der Waals surface area contributed by atoms with Gasteiger partial charge in [0.2, 0.25) is 0 Å². The van der Waals surface area contributed by atoms with Gasteiger partial charge in [0.1, 0.15) is 11.6 Å². The molecule has 1 N–H and O–H groups in total. The fourth-order valence-corrected chi connectivity index (χ4v) is 2.87.